The van der Waals surface area contributed by atoms with Gasteiger partial charge in [-0.05, 0) is 30.9 Å². The second-order valence-corrected chi connectivity index (χ2v) is 5.50. The minimum Gasteiger partial charge on any atom is -0.398 e. The van der Waals surface area contributed by atoms with E-state index in [0.717, 1.165) is 17.9 Å². The normalized spacial score (nSPS) is 12.1. The molecule has 0 saturated heterocycles. The SMILES string of the molecule is CCSCCC(C)Nc1cc(N)cc([N+](=O)[O-])c1. The lowest BCUT2D eigenvalue weighted by atomic mass is 10.2. The summed E-state index contributed by atoms with van der Waals surface area (Å²) in [4.78, 5) is 10.3. The van der Waals surface area contributed by atoms with Crippen LogP contribution in [0.2, 0.25) is 0 Å². The molecule has 0 radical (unpaired) electrons. The van der Waals surface area contributed by atoms with Crippen molar-refractivity contribution >= 4 is 28.8 Å². The van der Waals surface area contributed by atoms with Crippen LogP contribution in [0, 0.1) is 10.1 Å². The Morgan fingerprint density at radius 3 is 2.83 bits per heavy atom. The Hall–Kier alpha value is -1.43. The number of thioether (sulfide) groups is 1. The van der Waals surface area contributed by atoms with Gasteiger partial charge in [0.15, 0.2) is 0 Å². The number of non-ortho nitro benzene ring substituents is 1. The van der Waals surface area contributed by atoms with E-state index < -0.39 is 4.92 Å². The molecule has 0 saturated carbocycles. The van der Waals surface area contributed by atoms with Gasteiger partial charge >= 0.3 is 0 Å². The molecule has 18 heavy (non-hydrogen) atoms. The fraction of sp³-hybridized carbons (Fsp3) is 0.500. The number of nitrogens with one attached hydrogen (secondary N) is 1. The molecule has 0 aliphatic carbocycles. The van der Waals surface area contributed by atoms with Crippen molar-refractivity contribution in [3.05, 3.63) is 28.3 Å². The molecule has 0 fully saturated rings. The highest BCUT2D eigenvalue weighted by Crippen LogP contribution is 2.23. The van der Waals surface area contributed by atoms with Crippen molar-refractivity contribution in [2.24, 2.45) is 0 Å². The van der Waals surface area contributed by atoms with Gasteiger partial charge in [-0.3, -0.25) is 10.1 Å². The number of nitro benzene ring substituents is 1. The molecule has 6 heteroatoms. The third kappa shape index (κ3) is 4.83. The standard InChI is InChI=1S/C12H19N3O2S/c1-3-18-5-4-9(2)14-11-6-10(13)7-12(8-11)15(16)17/h6-9,14H,3-5,13H2,1-2H3. The van der Waals surface area contributed by atoms with Gasteiger partial charge in [0.2, 0.25) is 0 Å². The van der Waals surface area contributed by atoms with Crippen LogP contribution in [0.4, 0.5) is 17.1 Å². The molecule has 0 aliphatic heterocycles. The van der Waals surface area contributed by atoms with E-state index in [1.165, 1.54) is 12.1 Å². The summed E-state index contributed by atoms with van der Waals surface area (Å²) in [5.74, 6) is 2.19. The lowest BCUT2D eigenvalue weighted by molar-refractivity contribution is -0.384. The number of nitrogens with two attached hydrogens (primary N) is 1. The van der Waals surface area contributed by atoms with Crippen molar-refractivity contribution in [3.8, 4) is 0 Å². The smallest absolute Gasteiger partial charge is 0.273 e. The summed E-state index contributed by atoms with van der Waals surface area (Å²) >= 11 is 1.89. The van der Waals surface area contributed by atoms with Gasteiger partial charge < -0.3 is 11.1 Å². The molecule has 1 unspecified atom stereocenters. The maximum atomic E-state index is 10.7. The molecule has 0 aromatic heterocycles. The summed E-state index contributed by atoms with van der Waals surface area (Å²) in [6.07, 6.45) is 1.01. The van der Waals surface area contributed by atoms with E-state index >= 15 is 0 Å². The maximum absolute atomic E-state index is 10.7. The summed E-state index contributed by atoms with van der Waals surface area (Å²) in [5.41, 5.74) is 6.78. The number of hydrogen-bond donors (Lipinski definition) is 2. The van der Waals surface area contributed by atoms with Gasteiger partial charge in [0.25, 0.3) is 5.69 Å². The van der Waals surface area contributed by atoms with Crippen molar-refractivity contribution in [2.75, 3.05) is 22.6 Å². The molecule has 0 spiro atoms. The van der Waals surface area contributed by atoms with Gasteiger partial charge in [-0.25, -0.2) is 0 Å². The van der Waals surface area contributed by atoms with Crippen molar-refractivity contribution in [3.63, 3.8) is 0 Å². The van der Waals surface area contributed by atoms with E-state index in [-0.39, 0.29) is 11.7 Å². The first-order chi connectivity index (χ1) is 8.52. The van der Waals surface area contributed by atoms with Gasteiger partial charge in [0, 0.05) is 29.5 Å². The zero-order valence-corrected chi connectivity index (χ0v) is 11.5. The third-order valence-electron chi connectivity index (χ3n) is 2.46. The molecule has 0 aliphatic rings. The van der Waals surface area contributed by atoms with Crippen LogP contribution < -0.4 is 11.1 Å². The van der Waals surface area contributed by atoms with E-state index in [4.69, 9.17) is 5.73 Å². The van der Waals surface area contributed by atoms with Crippen molar-refractivity contribution in [2.45, 2.75) is 26.3 Å². The number of nitrogens with zero attached hydrogens (tertiary/aromatic N) is 1. The highest BCUT2D eigenvalue weighted by atomic mass is 32.2. The highest BCUT2D eigenvalue weighted by molar-refractivity contribution is 7.99. The average Bonchev–Trinajstić information content (AvgIpc) is 2.28. The second-order valence-electron chi connectivity index (χ2n) is 4.10. The minimum absolute atomic E-state index is 0.0210. The number of rotatable bonds is 7. The first-order valence-electron chi connectivity index (χ1n) is 5.92. The summed E-state index contributed by atoms with van der Waals surface area (Å²) < 4.78 is 0. The molecule has 1 rings (SSSR count). The Bertz CT molecular complexity index is 412. The number of hydrogen-bond acceptors (Lipinski definition) is 5. The molecule has 1 atom stereocenters. The van der Waals surface area contributed by atoms with E-state index in [1.807, 2.05) is 11.8 Å². The molecule has 0 amide bonds. The molecule has 3 N–H and O–H groups in total. The summed E-state index contributed by atoms with van der Waals surface area (Å²) in [7, 11) is 0. The Balaban J connectivity index is 2.63. The number of nitro groups is 1. The first kappa shape index (κ1) is 14.6. The lowest BCUT2D eigenvalue weighted by Gasteiger charge is -2.15. The van der Waals surface area contributed by atoms with Crippen LogP contribution in [0.15, 0.2) is 18.2 Å². The minimum atomic E-state index is -0.431. The van der Waals surface area contributed by atoms with Gasteiger partial charge in [0.1, 0.15) is 0 Å². The number of anilines is 2. The lowest BCUT2D eigenvalue weighted by Crippen LogP contribution is -2.16. The largest absolute Gasteiger partial charge is 0.398 e. The fourth-order valence-corrected chi connectivity index (χ4v) is 2.39. The van der Waals surface area contributed by atoms with Crippen LogP contribution in [0.1, 0.15) is 20.3 Å². The predicted octanol–water partition coefficient (Wildman–Crippen LogP) is 3.12. The van der Waals surface area contributed by atoms with E-state index in [0.29, 0.717) is 11.4 Å². The van der Waals surface area contributed by atoms with E-state index in [1.54, 1.807) is 6.07 Å². The van der Waals surface area contributed by atoms with Crippen LogP contribution in [-0.2, 0) is 0 Å². The average molecular weight is 269 g/mol. The van der Waals surface area contributed by atoms with Gasteiger partial charge in [-0.1, -0.05) is 6.92 Å². The Morgan fingerprint density at radius 2 is 2.22 bits per heavy atom. The second kappa shape index (κ2) is 7.10. The molecular formula is C12H19N3O2S. The van der Waals surface area contributed by atoms with Crippen molar-refractivity contribution in [1.29, 1.82) is 0 Å². The number of benzene rings is 1. The first-order valence-corrected chi connectivity index (χ1v) is 7.07. The zero-order chi connectivity index (χ0) is 13.5. The topological polar surface area (TPSA) is 81.2 Å². The van der Waals surface area contributed by atoms with Crippen LogP contribution >= 0.6 is 11.8 Å². The molecule has 1 aromatic rings. The third-order valence-corrected chi connectivity index (χ3v) is 3.40. The summed E-state index contributed by atoms with van der Waals surface area (Å²) in [6, 6.07) is 4.87. The Morgan fingerprint density at radius 1 is 1.50 bits per heavy atom. The quantitative estimate of drug-likeness (QED) is 0.344. The Kier molecular flexibility index (Phi) is 5.77. The molecule has 1 aromatic carbocycles. The van der Waals surface area contributed by atoms with Crippen LogP contribution in [0.3, 0.4) is 0 Å². The monoisotopic (exact) mass is 269 g/mol. The maximum Gasteiger partial charge on any atom is 0.273 e. The van der Waals surface area contributed by atoms with Crippen LogP contribution in [0.25, 0.3) is 0 Å². The summed E-state index contributed by atoms with van der Waals surface area (Å²) in [5, 5.41) is 14.0. The fourth-order valence-electron chi connectivity index (χ4n) is 1.58. The van der Waals surface area contributed by atoms with Gasteiger partial charge in [0.05, 0.1) is 4.92 Å². The highest BCUT2D eigenvalue weighted by Gasteiger charge is 2.10. The molecule has 100 valence electrons. The number of nitrogen functional groups attached to an aromatic ring is 1. The zero-order valence-electron chi connectivity index (χ0n) is 10.7. The Labute approximate surface area is 111 Å². The van der Waals surface area contributed by atoms with Crippen molar-refractivity contribution in [1.82, 2.24) is 0 Å². The molecule has 0 bridgehead atoms. The van der Waals surface area contributed by atoms with Crippen molar-refractivity contribution < 1.29 is 4.92 Å². The van der Waals surface area contributed by atoms with E-state index in [2.05, 4.69) is 19.2 Å². The molecular weight excluding hydrogens is 250 g/mol. The molecule has 5 nitrogen and oxygen atoms in total. The van der Waals surface area contributed by atoms with Crippen LogP contribution in [-0.4, -0.2) is 22.5 Å². The van der Waals surface area contributed by atoms with Gasteiger partial charge in [-0.15, -0.1) is 0 Å². The van der Waals surface area contributed by atoms with Gasteiger partial charge in [-0.2, -0.15) is 11.8 Å². The molecule has 0 heterocycles. The van der Waals surface area contributed by atoms with Crippen LogP contribution in [0.5, 0.6) is 0 Å². The predicted molar refractivity (Wildman–Crippen MR) is 78.2 cm³/mol. The summed E-state index contributed by atoms with van der Waals surface area (Å²) in [6.45, 7) is 4.19. The van der Waals surface area contributed by atoms with E-state index in [9.17, 15) is 10.1 Å².